The van der Waals surface area contributed by atoms with E-state index in [1.807, 2.05) is 26.2 Å². The van der Waals surface area contributed by atoms with Crippen LogP contribution in [-0.2, 0) is 14.9 Å². The van der Waals surface area contributed by atoms with Crippen LogP contribution < -0.4 is 5.32 Å². The van der Waals surface area contributed by atoms with Crippen molar-refractivity contribution >= 4 is 22.4 Å². The third-order valence-corrected chi connectivity index (χ3v) is 5.05. The molecule has 4 nitrogen and oxygen atoms in total. The van der Waals surface area contributed by atoms with E-state index in [4.69, 9.17) is 4.74 Å². The van der Waals surface area contributed by atoms with Gasteiger partial charge in [0.05, 0.1) is 12.3 Å². The molecule has 0 aliphatic heterocycles. The lowest BCUT2D eigenvalue weighted by Gasteiger charge is -2.42. The minimum Gasteiger partial charge on any atom is -0.465 e. The summed E-state index contributed by atoms with van der Waals surface area (Å²) >= 11 is 1.57. The SMILES string of the molecule is CCOC(=O)C(C)(C)c1csc(NC2(CC)CCC2)n1. The minimum atomic E-state index is -0.689. The standard InChI is InChI=1S/C15H24N2O2S/c1-5-15(8-7-9-15)17-13-16-11(10-20-13)14(3,4)12(18)19-6-2/h10H,5-9H2,1-4H3,(H,16,17). The van der Waals surface area contributed by atoms with Gasteiger partial charge < -0.3 is 10.1 Å². The van der Waals surface area contributed by atoms with Crippen molar-refractivity contribution in [2.75, 3.05) is 11.9 Å². The monoisotopic (exact) mass is 296 g/mol. The molecule has 1 saturated carbocycles. The van der Waals surface area contributed by atoms with Crippen molar-refractivity contribution < 1.29 is 9.53 Å². The van der Waals surface area contributed by atoms with Crippen LogP contribution in [0.25, 0.3) is 0 Å². The lowest BCUT2D eigenvalue weighted by molar-refractivity contribution is -0.148. The highest BCUT2D eigenvalue weighted by atomic mass is 32.1. The molecule has 0 atom stereocenters. The van der Waals surface area contributed by atoms with E-state index in [0.29, 0.717) is 6.61 Å². The second kappa shape index (κ2) is 5.72. The highest BCUT2D eigenvalue weighted by Crippen LogP contribution is 2.39. The van der Waals surface area contributed by atoms with Gasteiger partial charge in [-0.15, -0.1) is 11.3 Å². The van der Waals surface area contributed by atoms with Crippen molar-refractivity contribution in [3.8, 4) is 0 Å². The molecule has 1 fully saturated rings. The maximum Gasteiger partial charge on any atom is 0.317 e. The Labute approximate surface area is 124 Å². The number of anilines is 1. The summed E-state index contributed by atoms with van der Waals surface area (Å²) < 4.78 is 5.13. The lowest BCUT2D eigenvalue weighted by Crippen LogP contribution is -2.44. The quantitative estimate of drug-likeness (QED) is 0.813. The fourth-order valence-corrected chi connectivity index (χ4v) is 3.43. The second-order valence-electron chi connectivity index (χ2n) is 6.00. The van der Waals surface area contributed by atoms with Gasteiger partial charge in [-0.25, -0.2) is 4.98 Å². The first kappa shape index (κ1) is 15.3. The molecule has 0 amide bonds. The van der Waals surface area contributed by atoms with E-state index < -0.39 is 5.41 Å². The highest BCUT2D eigenvalue weighted by molar-refractivity contribution is 7.13. The molecule has 0 saturated heterocycles. The van der Waals surface area contributed by atoms with Gasteiger partial charge in [-0.3, -0.25) is 4.79 Å². The number of esters is 1. The van der Waals surface area contributed by atoms with E-state index in [1.165, 1.54) is 19.3 Å². The van der Waals surface area contributed by atoms with E-state index in [-0.39, 0.29) is 11.5 Å². The van der Waals surface area contributed by atoms with Crippen LogP contribution in [0.1, 0.15) is 59.1 Å². The zero-order chi connectivity index (χ0) is 14.8. The summed E-state index contributed by atoms with van der Waals surface area (Å²) in [6.07, 6.45) is 4.82. The molecule has 1 heterocycles. The average Bonchev–Trinajstić information content (AvgIpc) is 2.83. The largest absolute Gasteiger partial charge is 0.465 e. The van der Waals surface area contributed by atoms with Gasteiger partial charge in [0.2, 0.25) is 0 Å². The number of hydrogen-bond donors (Lipinski definition) is 1. The Balaban J connectivity index is 2.10. The molecule has 0 bridgehead atoms. The minimum absolute atomic E-state index is 0.217. The van der Waals surface area contributed by atoms with Crippen molar-refractivity contribution in [1.29, 1.82) is 0 Å². The van der Waals surface area contributed by atoms with Crippen LogP contribution in [0.3, 0.4) is 0 Å². The molecule has 112 valence electrons. The van der Waals surface area contributed by atoms with E-state index in [1.54, 1.807) is 11.3 Å². The van der Waals surface area contributed by atoms with Gasteiger partial charge in [-0.05, 0) is 46.5 Å². The number of hydrogen-bond acceptors (Lipinski definition) is 5. The van der Waals surface area contributed by atoms with Crippen LogP contribution in [-0.4, -0.2) is 23.1 Å². The summed E-state index contributed by atoms with van der Waals surface area (Å²) in [7, 11) is 0. The molecule has 0 spiro atoms. The maximum atomic E-state index is 12.0. The molecule has 20 heavy (non-hydrogen) atoms. The normalized spacial score (nSPS) is 17.4. The molecule has 2 rings (SSSR count). The molecule has 0 unspecified atom stereocenters. The third-order valence-electron chi connectivity index (χ3n) is 4.29. The third kappa shape index (κ3) is 2.82. The second-order valence-corrected chi connectivity index (χ2v) is 6.85. The van der Waals surface area contributed by atoms with Crippen LogP contribution in [0, 0.1) is 0 Å². The first-order chi connectivity index (χ1) is 9.43. The molecule has 1 aromatic rings. The molecule has 1 aliphatic carbocycles. The number of carbonyl (C=O) groups excluding carboxylic acids is 1. The Bertz CT molecular complexity index is 472. The highest BCUT2D eigenvalue weighted by Gasteiger charge is 2.37. The van der Waals surface area contributed by atoms with Gasteiger partial charge in [0.1, 0.15) is 5.41 Å². The number of rotatable bonds is 6. The number of carbonyl (C=O) groups is 1. The van der Waals surface area contributed by atoms with Gasteiger partial charge in [-0.2, -0.15) is 0 Å². The number of nitrogens with one attached hydrogen (secondary N) is 1. The fraction of sp³-hybridized carbons (Fsp3) is 0.733. The topological polar surface area (TPSA) is 51.2 Å². The van der Waals surface area contributed by atoms with Crippen molar-refractivity contribution in [2.45, 2.75) is 64.3 Å². The predicted octanol–water partition coefficient (Wildman–Crippen LogP) is 3.73. The maximum absolute atomic E-state index is 12.0. The van der Waals surface area contributed by atoms with Crippen LogP contribution in [0.2, 0.25) is 0 Å². The Hall–Kier alpha value is -1.10. The van der Waals surface area contributed by atoms with Crippen molar-refractivity contribution in [3.63, 3.8) is 0 Å². The molecular weight excluding hydrogens is 272 g/mol. The van der Waals surface area contributed by atoms with Crippen molar-refractivity contribution in [1.82, 2.24) is 4.98 Å². The molecule has 1 N–H and O–H groups in total. The molecule has 0 radical (unpaired) electrons. The first-order valence-corrected chi connectivity index (χ1v) is 8.23. The Kier molecular flexibility index (Phi) is 4.37. The van der Waals surface area contributed by atoms with E-state index in [9.17, 15) is 4.79 Å². The van der Waals surface area contributed by atoms with Gasteiger partial charge in [-0.1, -0.05) is 6.92 Å². The molecular formula is C15H24N2O2S. The zero-order valence-electron chi connectivity index (χ0n) is 12.8. The fourth-order valence-electron chi connectivity index (χ4n) is 2.43. The number of nitrogens with zero attached hydrogens (tertiary/aromatic N) is 1. The summed E-state index contributed by atoms with van der Waals surface area (Å²) in [6.45, 7) is 8.16. The number of aromatic nitrogens is 1. The Morgan fingerprint density at radius 3 is 2.70 bits per heavy atom. The number of ether oxygens (including phenoxy) is 1. The predicted molar refractivity (Wildman–Crippen MR) is 82.3 cm³/mol. The first-order valence-electron chi connectivity index (χ1n) is 7.35. The summed E-state index contributed by atoms with van der Waals surface area (Å²) in [4.78, 5) is 16.6. The summed E-state index contributed by atoms with van der Waals surface area (Å²) in [5, 5.41) is 6.44. The van der Waals surface area contributed by atoms with Crippen LogP contribution in [0.4, 0.5) is 5.13 Å². The van der Waals surface area contributed by atoms with Gasteiger partial charge in [0.15, 0.2) is 5.13 Å². The van der Waals surface area contributed by atoms with Crippen LogP contribution >= 0.6 is 11.3 Å². The average molecular weight is 296 g/mol. The molecule has 5 heteroatoms. The smallest absolute Gasteiger partial charge is 0.317 e. The van der Waals surface area contributed by atoms with Gasteiger partial charge >= 0.3 is 5.97 Å². The van der Waals surface area contributed by atoms with E-state index in [0.717, 1.165) is 17.2 Å². The summed E-state index contributed by atoms with van der Waals surface area (Å²) in [6, 6.07) is 0. The summed E-state index contributed by atoms with van der Waals surface area (Å²) in [5.74, 6) is -0.217. The molecule has 0 aromatic carbocycles. The van der Waals surface area contributed by atoms with Crippen LogP contribution in [0.5, 0.6) is 0 Å². The van der Waals surface area contributed by atoms with E-state index in [2.05, 4.69) is 17.2 Å². The van der Waals surface area contributed by atoms with Crippen molar-refractivity contribution in [3.05, 3.63) is 11.1 Å². The number of thiazole rings is 1. The van der Waals surface area contributed by atoms with Gasteiger partial charge in [0, 0.05) is 10.9 Å². The van der Waals surface area contributed by atoms with Gasteiger partial charge in [0.25, 0.3) is 0 Å². The Morgan fingerprint density at radius 1 is 1.50 bits per heavy atom. The lowest BCUT2D eigenvalue weighted by atomic mass is 9.75. The van der Waals surface area contributed by atoms with Crippen LogP contribution in [0.15, 0.2) is 5.38 Å². The van der Waals surface area contributed by atoms with E-state index >= 15 is 0 Å². The summed E-state index contributed by atoms with van der Waals surface area (Å²) in [5.41, 5.74) is 0.322. The zero-order valence-corrected chi connectivity index (χ0v) is 13.6. The Morgan fingerprint density at radius 2 is 2.20 bits per heavy atom. The molecule has 1 aromatic heterocycles. The van der Waals surface area contributed by atoms with Crippen molar-refractivity contribution in [2.24, 2.45) is 0 Å². The molecule has 1 aliphatic rings.